The molecule has 10 atom stereocenters. The average Bonchev–Trinajstić information content (AvgIpc) is 2.76. The molecule has 0 aromatic heterocycles. The molecule has 0 bridgehead atoms. The van der Waals surface area contributed by atoms with Crippen molar-refractivity contribution in [2.75, 3.05) is 6.61 Å². The average molecular weight is 312 g/mol. The molecule has 0 saturated carbocycles. The highest BCUT2D eigenvalue weighted by Crippen LogP contribution is 2.30. The second-order valence-electron chi connectivity index (χ2n) is 5.26. The Morgan fingerprint density at radius 2 is 1.24 bits per heavy atom. The summed E-state index contributed by atoms with van der Waals surface area (Å²) in [6, 6.07) is 0. The first kappa shape index (κ1) is 17.0. The highest BCUT2D eigenvalue weighted by Gasteiger charge is 2.53. The maximum Gasteiger partial charge on any atom is 0.184 e. The van der Waals surface area contributed by atoms with Crippen LogP contribution in [0.3, 0.4) is 0 Å². The van der Waals surface area contributed by atoms with Crippen LogP contribution < -0.4 is 0 Å². The summed E-state index contributed by atoms with van der Waals surface area (Å²) in [6.07, 6.45) is -16.0. The first-order chi connectivity index (χ1) is 9.79. The Morgan fingerprint density at radius 1 is 0.714 bits per heavy atom. The standard InChI is InChI=1S/C11H20O10/c12-1-2-3(13)5(15)9(20-2)8(18)10-6(16)4(14)7(17)11(19)21-10/h2-19H,1H2/t2-,3-,4+,5+,6+,7-,8?,9?,10+,11?/m1/s1. The van der Waals surface area contributed by atoms with E-state index in [1.807, 2.05) is 0 Å². The Hall–Kier alpha value is -0.400. The predicted molar refractivity (Wildman–Crippen MR) is 62.7 cm³/mol. The summed E-state index contributed by atoms with van der Waals surface area (Å²) in [5.41, 5.74) is 0. The summed E-state index contributed by atoms with van der Waals surface area (Å²) in [7, 11) is 0. The van der Waals surface area contributed by atoms with Crippen molar-refractivity contribution in [1.82, 2.24) is 0 Å². The second-order valence-corrected chi connectivity index (χ2v) is 5.26. The van der Waals surface area contributed by atoms with Gasteiger partial charge < -0.3 is 50.3 Å². The van der Waals surface area contributed by atoms with Gasteiger partial charge in [0, 0.05) is 0 Å². The Labute approximate surface area is 119 Å². The fraction of sp³-hybridized carbons (Fsp3) is 1.00. The fourth-order valence-corrected chi connectivity index (χ4v) is 2.57. The third kappa shape index (κ3) is 2.92. The van der Waals surface area contributed by atoms with Gasteiger partial charge in [0.25, 0.3) is 0 Å². The Balaban J connectivity index is 2.11. The van der Waals surface area contributed by atoms with E-state index in [4.69, 9.17) is 14.6 Å². The molecule has 0 aromatic rings. The molecule has 0 aromatic carbocycles. The molecular formula is C11H20O10. The summed E-state index contributed by atoms with van der Waals surface area (Å²) < 4.78 is 9.90. The van der Waals surface area contributed by atoms with Crippen molar-refractivity contribution in [2.45, 2.75) is 61.2 Å². The van der Waals surface area contributed by atoms with Gasteiger partial charge in [-0.2, -0.15) is 0 Å². The highest BCUT2D eigenvalue weighted by molar-refractivity contribution is 5.00. The monoisotopic (exact) mass is 312 g/mol. The summed E-state index contributed by atoms with van der Waals surface area (Å²) in [5.74, 6) is 0. The van der Waals surface area contributed by atoms with Crippen LogP contribution in [-0.2, 0) is 9.47 Å². The van der Waals surface area contributed by atoms with Gasteiger partial charge in [0.05, 0.1) is 6.61 Å². The zero-order valence-corrected chi connectivity index (χ0v) is 10.9. The van der Waals surface area contributed by atoms with Crippen molar-refractivity contribution in [2.24, 2.45) is 0 Å². The minimum atomic E-state index is -1.85. The Bertz CT molecular complexity index is 354. The molecule has 2 fully saturated rings. The molecule has 0 amide bonds. The largest absolute Gasteiger partial charge is 0.394 e. The molecule has 10 nitrogen and oxygen atoms in total. The number of aliphatic hydroxyl groups excluding tert-OH is 8. The molecule has 2 aliphatic heterocycles. The molecule has 124 valence electrons. The molecule has 2 rings (SSSR count). The third-order valence-corrected chi connectivity index (χ3v) is 3.88. The molecule has 0 radical (unpaired) electrons. The minimum Gasteiger partial charge on any atom is -0.394 e. The van der Waals surface area contributed by atoms with Gasteiger partial charge in [-0.25, -0.2) is 0 Å². The predicted octanol–water partition coefficient (Wildman–Crippen LogP) is -5.37. The van der Waals surface area contributed by atoms with Crippen molar-refractivity contribution in [3.05, 3.63) is 0 Å². The van der Waals surface area contributed by atoms with Gasteiger partial charge in [-0.3, -0.25) is 0 Å². The SMILES string of the molecule is OC[C@H]1OC(C(O)[C@H]2OC(O)[C@H](O)[C@@H](O)[C@@H]2O)[C@@H](O)[C@@H]1O. The lowest BCUT2D eigenvalue weighted by Crippen LogP contribution is -2.63. The number of hydrogen-bond acceptors (Lipinski definition) is 10. The molecule has 2 aliphatic rings. The Kier molecular flexibility index (Phi) is 5.15. The van der Waals surface area contributed by atoms with Crippen molar-refractivity contribution < 1.29 is 50.3 Å². The number of rotatable bonds is 3. The van der Waals surface area contributed by atoms with Gasteiger partial charge in [-0.1, -0.05) is 0 Å². The van der Waals surface area contributed by atoms with Crippen LogP contribution in [-0.4, -0.2) is 109 Å². The molecule has 3 unspecified atom stereocenters. The zero-order valence-electron chi connectivity index (χ0n) is 10.9. The molecule has 8 N–H and O–H groups in total. The summed E-state index contributed by atoms with van der Waals surface area (Å²) in [6.45, 7) is -0.598. The molecule has 2 heterocycles. The van der Waals surface area contributed by atoms with E-state index < -0.39 is 67.8 Å². The molecule has 10 heteroatoms. The quantitative estimate of drug-likeness (QED) is 0.250. The van der Waals surface area contributed by atoms with Crippen LogP contribution in [0.15, 0.2) is 0 Å². The summed E-state index contributed by atoms with van der Waals surface area (Å²) >= 11 is 0. The molecular weight excluding hydrogens is 292 g/mol. The lowest BCUT2D eigenvalue weighted by molar-refractivity contribution is -0.305. The van der Waals surface area contributed by atoms with Crippen molar-refractivity contribution in [3.63, 3.8) is 0 Å². The van der Waals surface area contributed by atoms with Crippen LogP contribution in [0, 0.1) is 0 Å². The summed E-state index contributed by atoms with van der Waals surface area (Å²) in [4.78, 5) is 0. The molecule has 0 spiro atoms. The van der Waals surface area contributed by atoms with Gasteiger partial charge in [0.2, 0.25) is 0 Å². The number of ether oxygens (including phenoxy) is 2. The van der Waals surface area contributed by atoms with Crippen LogP contribution >= 0.6 is 0 Å². The van der Waals surface area contributed by atoms with Crippen molar-refractivity contribution in [1.29, 1.82) is 0 Å². The zero-order chi connectivity index (χ0) is 15.9. The highest BCUT2D eigenvalue weighted by atomic mass is 16.6. The first-order valence-electron chi connectivity index (χ1n) is 6.47. The van der Waals surface area contributed by atoms with Gasteiger partial charge in [-0.15, -0.1) is 0 Å². The Morgan fingerprint density at radius 3 is 1.76 bits per heavy atom. The van der Waals surface area contributed by atoms with E-state index in [-0.39, 0.29) is 0 Å². The maximum absolute atomic E-state index is 10.1. The fourth-order valence-electron chi connectivity index (χ4n) is 2.57. The van der Waals surface area contributed by atoms with Crippen LogP contribution in [0.5, 0.6) is 0 Å². The molecule has 0 aliphatic carbocycles. The smallest absolute Gasteiger partial charge is 0.184 e. The van der Waals surface area contributed by atoms with Crippen LogP contribution in [0.1, 0.15) is 0 Å². The van der Waals surface area contributed by atoms with E-state index >= 15 is 0 Å². The molecule has 21 heavy (non-hydrogen) atoms. The lowest BCUT2D eigenvalue weighted by atomic mass is 9.91. The van der Waals surface area contributed by atoms with Gasteiger partial charge in [-0.05, 0) is 0 Å². The van der Waals surface area contributed by atoms with Crippen molar-refractivity contribution >= 4 is 0 Å². The van der Waals surface area contributed by atoms with E-state index in [0.717, 1.165) is 0 Å². The third-order valence-electron chi connectivity index (χ3n) is 3.88. The number of aliphatic hydroxyl groups is 8. The topological polar surface area (TPSA) is 180 Å². The van der Waals surface area contributed by atoms with Gasteiger partial charge in [0.15, 0.2) is 6.29 Å². The van der Waals surface area contributed by atoms with E-state index in [9.17, 15) is 35.7 Å². The van der Waals surface area contributed by atoms with E-state index in [1.54, 1.807) is 0 Å². The second kappa shape index (κ2) is 6.38. The maximum atomic E-state index is 10.1. The van der Waals surface area contributed by atoms with Crippen molar-refractivity contribution in [3.8, 4) is 0 Å². The number of hydrogen-bond donors (Lipinski definition) is 8. The van der Waals surface area contributed by atoms with Gasteiger partial charge in [0.1, 0.15) is 54.9 Å². The van der Waals surface area contributed by atoms with Crippen LogP contribution in [0.2, 0.25) is 0 Å². The van der Waals surface area contributed by atoms with E-state index in [2.05, 4.69) is 0 Å². The van der Waals surface area contributed by atoms with Crippen LogP contribution in [0.25, 0.3) is 0 Å². The van der Waals surface area contributed by atoms with E-state index in [0.29, 0.717) is 0 Å². The summed E-state index contributed by atoms with van der Waals surface area (Å²) in [5, 5.41) is 76.5. The molecule has 2 saturated heterocycles. The minimum absolute atomic E-state index is 0.598. The first-order valence-corrected chi connectivity index (χ1v) is 6.47. The van der Waals surface area contributed by atoms with Gasteiger partial charge >= 0.3 is 0 Å². The normalized spacial score (nSPS) is 52.9. The van der Waals surface area contributed by atoms with E-state index in [1.165, 1.54) is 0 Å². The van der Waals surface area contributed by atoms with Crippen LogP contribution in [0.4, 0.5) is 0 Å². The lowest BCUT2D eigenvalue weighted by Gasteiger charge is -2.41.